The van der Waals surface area contributed by atoms with E-state index in [4.69, 9.17) is 0 Å². The van der Waals surface area contributed by atoms with Crippen molar-refractivity contribution in [3.8, 4) is 0 Å². The van der Waals surface area contributed by atoms with Crippen molar-refractivity contribution in [1.82, 2.24) is 0 Å². The Kier molecular flexibility index (Phi) is 3.25. The van der Waals surface area contributed by atoms with Gasteiger partial charge in [0.1, 0.15) is 0 Å². The van der Waals surface area contributed by atoms with E-state index in [2.05, 4.69) is 43.3 Å². The predicted molar refractivity (Wildman–Crippen MR) is 68.7 cm³/mol. The molecule has 0 aliphatic rings. The molecule has 0 heterocycles. The van der Waals surface area contributed by atoms with Crippen molar-refractivity contribution >= 4 is 10.8 Å². The van der Waals surface area contributed by atoms with Crippen LogP contribution in [0.15, 0.2) is 36.4 Å². The molecule has 1 N–H and O–H groups in total. The van der Waals surface area contributed by atoms with Crippen molar-refractivity contribution in [3.63, 3.8) is 0 Å². The Balaban J connectivity index is 2.42. The fourth-order valence-electron chi connectivity index (χ4n) is 2.09. The molecule has 1 atom stereocenters. The lowest BCUT2D eigenvalue weighted by atomic mass is 9.97. The summed E-state index contributed by atoms with van der Waals surface area (Å²) in [5, 5.41) is 12.0. The Morgan fingerprint density at radius 2 is 1.75 bits per heavy atom. The van der Waals surface area contributed by atoms with Gasteiger partial charge in [0.2, 0.25) is 0 Å². The molecule has 0 radical (unpaired) electrons. The second-order valence-electron chi connectivity index (χ2n) is 4.47. The predicted octanol–water partition coefficient (Wildman–Crippen LogP) is 3.46. The van der Waals surface area contributed by atoms with Crippen molar-refractivity contribution in [2.24, 2.45) is 0 Å². The average Bonchev–Trinajstić information content (AvgIpc) is 2.28. The summed E-state index contributed by atoms with van der Waals surface area (Å²) in [5.41, 5.74) is 2.65. The summed E-state index contributed by atoms with van der Waals surface area (Å²) in [7, 11) is 0. The molecule has 0 aliphatic carbocycles. The second-order valence-corrected chi connectivity index (χ2v) is 4.47. The number of hydrogen-bond acceptors (Lipinski definition) is 1. The molecule has 16 heavy (non-hydrogen) atoms. The first-order valence-electron chi connectivity index (χ1n) is 5.84. The van der Waals surface area contributed by atoms with E-state index in [1.807, 2.05) is 6.92 Å². The summed E-state index contributed by atoms with van der Waals surface area (Å²) in [6.45, 7) is 3.98. The molecule has 0 spiro atoms. The highest BCUT2D eigenvalue weighted by Gasteiger charge is 2.04. The van der Waals surface area contributed by atoms with Crippen molar-refractivity contribution in [1.29, 1.82) is 0 Å². The zero-order valence-electron chi connectivity index (χ0n) is 9.90. The average molecular weight is 214 g/mol. The summed E-state index contributed by atoms with van der Waals surface area (Å²) in [6, 6.07) is 12.8. The lowest BCUT2D eigenvalue weighted by molar-refractivity contribution is 0.185. The van der Waals surface area contributed by atoms with Crippen LogP contribution >= 0.6 is 0 Å². The SMILES string of the molecule is Cc1ccc(CC[C@H](C)O)c2ccccc12. The molecule has 2 aromatic carbocycles. The summed E-state index contributed by atoms with van der Waals surface area (Å²) in [4.78, 5) is 0. The standard InChI is InChI=1S/C15H18O/c1-11-7-9-13(10-8-12(2)16)15-6-4-3-5-14(11)15/h3-7,9,12,16H,8,10H2,1-2H3/t12-/m0/s1. The number of aryl methyl sites for hydroxylation is 2. The monoisotopic (exact) mass is 214 g/mol. The molecular weight excluding hydrogens is 196 g/mol. The highest BCUT2D eigenvalue weighted by atomic mass is 16.3. The van der Waals surface area contributed by atoms with E-state index < -0.39 is 0 Å². The Morgan fingerprint density at radius 1 is 1.06 bits per heavy atom. The minimum absolute atomic E-state index is 0.222. The van der Waals surface area contributed by atoms with Gasteiger partial charge in [0.25, 0.3) is 0 Å². The number of hydrogen-bond donors (Lipinski definition) is 1. The van der Waals surface area contributed by atoms with Gasteiger partial charge in [-0.15, -0.1) is 0 Å². The fraction of sp³-hybridized carbons (Fsp3) is 0.333. The van der Waals surface area contributed by atoms with E-state index in [0.29, 0.717) is 0 Å². The normalized spacial score (nSPS) is 12.9. The van der Waals surface area contributed by atoms with Crippen LogP contribution in [0.1, 0.15) is 24.5 Å². The molecule has 0 saturated heterocycles. The molecule has 0 amide bonds. The zero-order valence-corrected chi connectivity index (χ0v) is 9.90. The van der Waals surface area contributed by atoms with E-state index in [1.54, 1.807) is 0 Å². The third kappa shape index (κ3) is 2.25. The molecule has 0 unspecified atom stereocenters. The van der Waals surface area contributed by atoms with Crippen LogP contribution in [0.3, 0.4) is 0 Å². The maximum atomic E-state index is 9.34. The molecule has 84 valence electrons. The first-order valence-corrected chi connectivity index (χ1v) is 5.84. The minimum atomic E-state index is -0.222. The number of aliphatic hydroxyl groups is 1. The van der Waals surface area contributed by atoms with E-state index in [9.17, 15) is 5.11 Å². The van der Waals surface area contributed by atoms with Crippen LogP contribution in [0.5, 0.6) is 0 Å². The van der Waals surface area contributed by atoms with E-state index >= 15 is 0 Å². The zero-order chi connectivity index (χ0) is 11.5. The maximum absolute atomic E-state index is 9.34. The molecular formula is C15H18O. The van der Waals surface area contributed by atoms with Crippen LogP contribution in [0.25, 0.3) is 10.8 Å². The van der Waals surface area contributed by atoms with E-state index in [-0.39, 0.29) is 6.10 Å². The first-order chi connectivity index (χ1) is 7.68. The third-order valence-electron chi connectivity index (χ3n) is 3.06. The van der Waals surface area contributed by atoms with Gasteiger partial charge in [-0.2, -0.15) is 0 Å². The van der Waals surface area contributed by atoms with E-state index in [0.717, 1.165) is 12.8 Å². The quantitative estimate of drug-likeness (QED) is 0.829. The Morgan fingerprint density at radius 3 is 2.44 bits per heavy atom. The van der Waals surface area contributed by atoms with Crippen molar-refractivity contribution in [2.45, 2.75) is 32.8 Å². The summed E-state index contributed by atoms with van der Waals surface area (Å²) in [6.07, 6.45) is 1.55. The topological polar surface area (TPSA) is 20.2 Å². The van der Waals surface area contributed by atoms with Crippen molar-refractivity contribution < 1.29 is 5.11 Å². The van der Waals surface area contributed by atoms with Crippen molar-refractivity contribution in [3.05, 3.63) is 47.5 Å². The van der Waals surface area contributed by atoms with Gasteiger partial charge in [0, 0.05) is 0 Å². The molecule has 0 saturated carbocycles. The molecule has 0 fully saturated rings. The minimum Gasteiger partial charge on any atom is -0.393 e. The van der Waals surface area contributed by atoms with Gasteiger partial charge < -0.3 is 5.11 Å². The van der Waals surface area contributed by atoms with Crippen LogP contribution in [0.4, 0.5) is 0 Å². The lowest BCUT2D eigenvalue weighted by Crippen LogP contribution is -2.01. The summed E-state index contributed by atoms with van der Waals surface area (Å²) < 4.78 is 0. The Hall–Kier alpha value is -1.34. The number of fused-ring (bicyclic) bond motifs is 1. The molecule has 2 aromatic rings. The first kappa shape index (κ1) is 11.2. The van der Waals surface area contributed by atoms with Gasteiger partial charge in [-0.25, -0.2) is 0 Å². The maximum Gasteiger partial charge on any atom is 0.0515 e. The van der Waals surface area contributed by atoms with Gasteiger partial charge in [0.05, 0.1) is 6.10 Å². The molecule has 2 rings (SSSR count). The van der Waals surface area contributed by atoms with Gasteiger partial charge in [-0.1, -0.05) is 36.4 Å². The molecule has 0 aliphatic heterocycles. The van der Waals surface area contributed by atoms with E-state index in [1.165, 1.54) is 21.9 Å². The highest BCUT2D eigenvalue weighted by Crippen LogP contribution is 2.23. The number of aliphatic hydroxyl groups excluding tert-OH is 1. The Bertz CT molecular complexity index is 486. The number of benzene rings is 2. The lowest BCUT2D eigenvalue weighted by Gasteiger charge is -2.09. The van der Waals surface area contributed by atoms with Gasteiger partial charge in [0.15, 0.2) is 0 Å². The van der Waals surface area contributed by atoms with Crippen LogP contribution in [0, 0.1) is 6.92 Å². The molecule has 1 heteroatoms. The second kappa shape index (κ2) is 4.67. The van der Waals surface area contributed by atoms with Crippen molar-refractivity contribution in [2.75, 3.05) is 0 Å². The van der Waals surface area contributed by atoms with Crippen LogP contribution in [-0.4, -0.2) is 11.2 Å². The molecule has 0 bridgehead atoms. The number of rotatable bonds is 3. The van der Waals surface area contributed by atoms with Crippen LogP contribution in [0.2, 0.25) is 0 Å². The van der Waals surface area contributed by atoms with Crippen LogP contribution in [-0.2, 0) is 6.42 Å². The fourth-order valence-corrected chi connectivity index (χ4v) is 2.09. The largest absolute Gasteiger partial charge is 0.393 e. The van der Waals surface area contributed by atoms with Crippen LogP contribution < -0.4 is 0 Å². The highest BCUT2D eigenvalue weighted by molar-refractivity contribution is 5.88. The van der Waals surface area contributed by atoms with Gasteiger partial charge in [-0.3, -0.25) is 0 Å². The molecule has 1 nitrogen and oxygen atoms in total. The van der Waals surface area contributed by atoms with Gasteiger partial charge in [-0.05, 0) is 48.6 Å². The Labute approximate surface area is 96.7 Å². The smallest absolute Gasteiger partial charge is 0.0515 e. The summed E-state index contributed by atoms with van der Waals surface area (Å²) in [5.74, 6) is 0. The van der Waals surface area contributed by atoms with Gasteiger partial charge >= 0.3 is 0 Å². The third-order valence-corrected chi connectivity index (χ3v) is 3.06. The molecule has 0 aromatic heterocycles. The summed E-state index contributed by atoms with van der Waals surface area (Å²) >= 11 is 0.